The molecular weight excluding hydrogens is 362 g/mol. The molecule has 3 aliphatic rings. The molecule has 2 fully saturated rings. The van der Waals surface area contributed by atoms with Gasteiger partial charge in [0.25, 0.3) is 0 Å². The van der Waals surface area contributed by atoms with Gasteiger partial charge in [0.2, 0.25) is 5.91 Å². The summed E-state index contributed by atoms with van der Waals surface area (Å²) in [4.78, 5) is 15.2. The van der Waals surface area contributed by atoms with Gasteiger partial charge >= 0.3 is 0 Å². The van der Waals surface area contributed by atoms with E-state index in [1.54, 1.807) is 0 Å². The van der Waals surface area contributed by atoms with Gasteiger partial charge in [0.05, 0.1) is 30.3 Å². The number of likely N-dealkylation sites (tertiary alicyclic amines) is 1. The number of hydrogen-bond acceptors (Lipinski definition) is 4. The second-order valence-corrected chi connectivity index (χ2v) is 8.48. The van der Waals surface area contributed by atoms with Crippen molar-refractivity contribution in [3.8, 4) is 17.2 Å². The highest BCUT2D eigenvalue weighted by molar-refractivity contribution is 5.81. The van der Waals surface area contributed by atoms with Crippen molar-refractivity contribution in [3.05, 3.63) is 53.6 Å². The molecular formula is C24H25N3O2. The second-order valence-electron chi connectivity index (χ2n) is 8.48. The van der Waals surface area contributed by atoms with Crippen molar-refractivity contribution in [3.63, 3.8) is 0 Å². The van der Waals surface area contributed by atoms with Crippen LogP contribution in [0, 0.1) is 23.2 Å². The number of nitriles is 1. The molecule has 1 saturated carbocycles. The Kier molecular flexibility index (Phi) is 4.52. The summed E-state index contributed by atoms with van der Waals surface area (Å²) in [5.74, 6) is 0.700. The average Bonchev–Trinajstić information content (AvgIpc) is 3.17. The molecule has 0 unspecified atom stereocenters. The molecule has 2 aromatic carbocycles. The predicted molar refractivity (Wildman–Crippen MR) is 111 cm³/mol. The normalized spacial score (nSPS) is 25.4. The summed E-state index contributed by atoms with van der Waals surface area (Å²) < 4.78 is 0. The van der Waals surface area contributed by atoms with Crippen LogP contribution in [0.5, 0.6) is 0 Å². The summed E-state index contributed by atoms with van der Waals surface area (Å²) >= 11 is 0. The highest BCUT2D eigenvalue weighted by atomic mass is 16.3. The molecule has 1 aliphatic carbocycles. The van der Waals surface area contributed by atoms with Gasteiger partial charge in [0.15, 0.2) is 0 Å². The van der Waals surface area contributed by atoms with E-state index in [1.165, 1.54) is 0 Å². The van der Waals surface area contributed by atoms with Gasteiger partial charge in [0.1, 0.15) is 0 Å². The predicted octanol–water partition coefficient (Wildman–Crippen LogP) is 3.70. The number of hydrogen-bond donors (Lipinski definition) is 2. The van der Waals surface area contributed by atoms with E-state index < -0.39 is 0 Å². The van der Waals surface area contributed by atoms with Crippen molar-refractivity contribution < 1.29 is 9.90 Å². The van der Waals surface area contributed by atoms with Crippen LogP contribution in [0.2, 0.25) is 0 Å². The minimum absolute atomic E-state index is 0.0209. The Morgan fingerprint density at radius 2 is 1.90 bits per heavy atom. The Balaban J connectivity index is 1.54. The Morgan fingerprint density at radius 1 is 1.14 bits per heavy atom. The molecule has 5 rings (SSSR count). The summed E-state index contributed by atoms with van der Waals surface area (Å²) in [6.07, 6.45) is 4.08. The van der Waals surface area contributed by atoms with E-state index in [1.807, 2.05) is 24.3 Å². The number of amides is 1. The van der Waals surface area contributed by atoms with E-state index >= 15 is 0 Å². The maximum atomic E-state index is 13.1. The van der Waals surface area contributed by atoms with E-state index in [2.05, 4.69) is 34.5 Å². The number of fused-ring (bicyclic) bond motifs is 3. The Hall–Kier alpha value is -2.84. The fourth-order valence-electron chi connectivity index (χ4n) is 5.12. The zero-order valence-electron chi connectivity index (χ0n) is 16.3. The van der Waals surface area contributed by atoms with Gasteiger partial charge in [-0.15, -0.1) is 0 Å². The summed E-state index contributed by atoms with van der Waals surface area (Å²) in [6, 6.07) is 16.1. The third kappa shape index (κ3) is 2.99. The summed E-state index contributed by atoms with van der Waals surface area (Å²) in [5.41, 5.74) is 4.94. The van der Waals surface area contributed by atoms with Crippen LogP contribution in [0.15, 0.2) is 42.5 Å². The van der Waals surface area contributed by atoms with E-state index in [4.69, 9.17) is 5.26 Å². The molecule has 5 heteroatoms. The molecule has 0 spiro atoms. The van der Waals surface area contributed by atoms with Crippen LogP contribution in [0.1, 0.15) is 42.9 Å². The molecule has 0 radical (unpaired) electrons. The molecule has 29 heavy (non-hydrogen) atoms. The topological polar surface area (TPSA) is 76.4 Å². The summed E-state index contributed by atoms with van der Waals surface area (Å²) in [6.45, 7) is 0.840. The van der Waals surface area contributed by atoms with Crippen LogP contribution in [-0.2, 0) is 4.79 Å². The average molecular weight is 387 g/mol. The fourth-order valence-corrected chi connectivity index (χ4v) is 5.12. The smallest absolute Gasteiger partial charge is 0.226 e. The van der Waals surface area contributed by atoms with Gasteiger partial charge in [0, 0.05) is 24.1 Å². The third-order valence-corrected chi connectivity index (χ3v) is 6.95. The second kappa shape index (κ2) is 7.20. The van der Waals surface area contributed by atoms with E-state index in [9.17, 15) is 9.90 Å². The van der Waals surface area contributed by atoms with Crippen molar-refractivity contribution in [1.82, 2.24) is 4.90 Å². The first-order valence-electron chi connectivity index (χ1n) is 10.5. The summed E-state index contributed by atoms with van der Waals surface area (Å²) in [5, 5.41) is 22.5. The molecule has 0 bridgehead atoms. The highest BCUT2D eigenvalue weighted by Gasteiger charge is 2.47. The zero-order valence-corrected chi connectivity index (χ0v) is 16.3. The van der Waals surface area contributed by atoms with E-state index in [0.717, 1.165) is 54.6 Å². The van der Waals surface area contributed by atoms with Crippen LogP contribution in [-0.4, -0.2) is 35.1 Å². The number of aliphatic hydroxyl groups is 1. The quantitative estimate of drug-likeness (QED) is 0.842. The Morgan fingerprint density at radius 3 is 2.55 bits per heavy atom. The molecule has 2 aliphatic heterocycles. The van der Waals surface area contributed by atoms with Gasteiger partial charge in [-0.25, -0.2) is 0 Å². The first-order chi connectivity index (χ1) is 14.2. The number of nitrogens with zero attached hydrogens (tertiary/aromatic N) is 2. The van der Waals surface area contributed by atoms with Crippen LogP contribution >= 0.6 is 0 Å². The third-order valence-electron chi connectivity index (χ3n) is 6.95. The number of benzene rings is 2. The van der Waals surface area contributed by atoms with Crippen LogP contribution in [0.25, 0.3) is 11.1 Å². The highest BCUT2D eigenvalue weighted by Crippen LogP contribution is 2.48. The van der Waals surface area contributed by atoms with Crippen LogP contribution in [0.4, 0.5) is 5.69 Å². The van der Waals surface area contributed by atoms with Crippen molar-refractivity contribution in [2.24, 2.45) is 11.8 Å². The summed E-state index contributed by atoms with van der Waals surface area (Å²) in [7, 11) is 0. The standard InChI is InChI=1S/C24H25N3O2/c25-13-15-4-6-16(7-5-15)18-8-9-21-20(12-18)23-19(22(14-28)26-21)10-11-27(23)24(29)17-2-1-3-17/h4-9,12,17,19,22-23,26,28H,1-3,10-11,14H2/t19-,22+,23-/m1/s1. The van der Waals surface area contributed by atoms with Crippen molar-refractivity contribution in [2.45, 2.75) is 37.8 Å². The van der Waals surface area contributed by atoms with Gasteiger partial charge in [-0.1, -0.05) is 24.6 Å². The maximum absolute atomic E-state index is 13.1. The van der Waals surface area contributed by atoms with E-state index in [0.29, 0.717) is 5.56 Å². The SMILES string of the molecule is N#Cc1ccc(-c2ccc3c(c2)[C@H]2[C@H](CCN2C(=O)C2CCC2)[C@H](CO)N3)cc1. The van der Waals surface area contributed by atoms with Gasteiger partial charge < -0.3 is 15.3 Å². The number of nitrogens with one attached hydrogen (secondary N) is 1. The lowest BCUT2D eigenvalue weighted by Crippen LogP contribution is -2.45. The van der Waals surface area contributed by atoms with Gasteiger partial charge in [-0.05, 0) is 60.2 Å². The van der Waals surface area contributed by atoms with Crippen molar-refractivity contribution in [1.29, 1.82) is 5.26 Å². The number of aliphatic hydroxyl groups excluding tert-OH is 1. The lowest BCUT2D eigenvalue weighted by Gasteiger charge is -2.41. The molecule has 0 aromatic heterocycles. The van der Waals surface area contributed by atoms with Gasteiger partial charge in [-0.3, -0.25) is 4.79 Å². The van der Waals surface area contributed by atoms with Crippen LogP contribution in [0.3, 0.4) is 0 Å². The fraction of sp³-hybridized carbons (Fsp3) is 0.417. The monoisotopic (exact) mass is 387 g/mol. The lowest BCUT2D eigenvalue weighted by atomic mass is 9.80. The Labute approximate surface area is 171 Å². The van der Waals surface area contributed by atoms with Crippen LogP contribution < -0.4 is 5.32 Å². The number of anilines is 1. The minimum Gasteiger partial charge on any atom is -0.394 e. The minimum atomic E-state index is -0.0209. The first kappa shape index (κ1) is 18.2. The number of rotatable bonds is 3. The first-order valence-corrected chi connectivity index (χ1v) is 10.5. The molecule has 3 atom stereocenters. The van der Waals surface area contributed by atoms with Crippen molar-refractivity contribution in [2.75, 3.05) is 18.5 Å². The number of carbonyl (C=O) groups excluding carboxylic acids is 1. The molecule has 148 valence electrons. The maximum Gasteiger partial charge on any atom is 0.226 e. The molecule has 2 aromatic rings. The molecule has 5 nitrogen and oxygen atoms in total. The molecule has 2 N–H and O–H groups in total. The lowest BCUT2D eigenvalue weighted by molar-refractivity contribution is -0.139. The Bertz CT molecular complexity index is 975. The number of carbonyl (C=O) groups is 1. The molecule has 2 heterocycles. The van der Waals surface area contributed by atoms with E-state index in [-0.39, 0.29) is 36.4 Å². The molecule has 1 saturated heterocycles. The molecule has 1 amide bonds. The zero-order chi connectivity index (χ0) is 20.0. The van der Waals surface area contributed by atoms with Crippen molar-refractivity contribution >= 4 is 11.6 Å². The van der Waals surface area contributed by atoms with Gasteiger partial charge in [-0.2, -0.15) is 5.26 Å². The largest absolute Gasteiger partial charge is 0.394 e.